The van der Waals surface area contributed by atoms with Crippen molar-refractivity contribution in [3.63, 3.8) is 0 Å². The third-order valence-electron chi connectivity index (χ3n) is 5.46. The number of hydrogen-bond acceptors (Lipinski definition) is 6. The summed E-state index contributed by atoms with van der Waals surface area (Å²) in [6.07, 6.45) is 5.39. The van der Waals surface area contributed by atoms with Crippen LogP contribution in [0.25, 0.3) is 6.08 Å². The maximum Gasteiger partial charge on any atom is 0.270 e. The third-order valence-corrected chi connectivity index (χ3v) is 6.44. The molecule has 0 spiro atoms. The second-order valence-electron chi connectivity index (χ2n) is 7.33. The molecular formula is C20H19N5O3S. The Kier molecular flexibility index (Phi) is 3.79. The Hall–Kier alpha value is -3.20. The summed E-state index contributed by atoms with van der Waals surface area (Å²) in [7, 11) is 0. The molecule has 0 saturated heterocycles. The van der Waals surface area contributed by atoms with Crippen LogP contribution >= 0.6 is 11.3 Å². The van der Waals surface area contributed by atoms with E-state index >= 15 is 0 Å². The van der Waals surface area contributed by atoms with Gasteiger partial charge in [-0.2, -0.15) is 5.10 Å². The van der Waals surface area contributed by atoms with Crippen LogP contribution in [0.4, 0.5) is 0 Å². The summed E-state index contributed by atoms with van der Waals surface area (Å²) in [6, 6.07) is 6.84. The Morgan fingerprint density at radius 2 is 2.21 bits per heavy atom. The van der Waals surface area contributed by atoms with E-state index in [1.807, 2.05) is 37.4 Å². The fraction of sp³-hybridized carbons (Fsp3) is 0.300. The zero-order valence-electron chi connectivity index (χ0n) is 15.9. The van der Waals surface area contributed by atoms with E-state index in [4.69, 9.17) is 10.5 Å². The summed E-state index contributed by atoms with van der Waals surface area (Å²) in [6.45, 7) is 4.49. The van der Waals surface area contributed by atoms with Gasteiger partial charge in [-0.15, -0.1) is 0 Å². The zero-order valence-corrected chi connectivity index (χ0v) is 16.7. The van der Waals surface area contributed by atoms with Crippen LogP contribution in [0.1, 0.15) is 31.0 Å². The first-order valence-corrected chi connectivity index (χ1v) is 10.2. The average Bonchev–Trinajstić information content (AvgIpc) is 3.25. The average molecular weight is 409 g/mol. The first kappa shape index (κ1) is 17.9. The molecule has 0 aliphatic carbocycles. The Labute approximate surface area is 169 Å². The van der Waals surface area contributed by atoms with E-state index < -0.39 is 23.6 Å². The van der Waals surface area contributed by atoms with Gasteiger partial charge in [-0.1, -0.05) is 29.5 Å². The Bertz CT molecular complexity index is 1320. The van der Waals surface area contributed by atoms with Gasteiger partial charge in [0.1, 0.15) is 11.7 Å². The van der Waals surface area contributed by atoms with Crippen LogP contribution < -0.4 is 25.4 Å². The smallest absolute Gasteiger partial charge is 0.270 e. The van der Waals surface area contributed by atoms with Crippen LogP contribution in [0.5, 0.6) is 5.75 Å². The van der Waals surface area contributed by atoms with Crippen molar-refractivity contribution >= 4 is 23.3 Å². The van der Waals surface area contributed by atoms with Gasteiger partial charge in [0.2, 0.25) is 11.6 Å². The highest BCUT2D eigenvalue weighted by Crippen LogP contribution is 2.46. The van der Waals surface area contributed by atoms with Gasteiger partial charge in [-0.3, -0.25) is 18.8 Å². The summed E-state index contributed by atoms with van der Waals surface area (Å²) in [5, 5.41) is 4.25. The number of hydrogen-bond donors (Lipinski definition) is 1. The van der Waals surface area contributed by atoms with Crippen LogP contribution in [0.2, 0.25) is 0 Å². The highest BCUT2D eigenvalue weighted by atomic mass is 32.1. The molecule has 1 aromatic carbocycles. The van der Waals surface area contributed by atoms with Gasteiger partial charge in [0, 0.05) is 23.9 Å². The molecule has 2 N–H and O–H groups in total. The lowest BCUT2D eigenvalue weighted by Crippen LogP contribution is -2.59. The predicted octanol–water partition coefficient (Wildman–Crippen LogP) is 0.388. The largest absolute Gasteiger partial charge is 0.465 e. The van der Waals surface area contributed by atoms with Crippen molar-refractivity contribution in [2.24, 2.45) is 16.6 Å². The molecule has 2 aliphatic heterocycles. The molecule has 3 unspecified atom stereocenters. The number of carbonyl (C=O) groups is 1. The van der Waals surface area contributed by atoms with E-state index in [0.29, 0.717) is 15.1 Å². The van der Waals surface area contributed by atoms with Crippen molar-refractivity contribution in [1.29, 1.82) is 0 Å². The van der Waals surface area contributed by atoms with Gasteiger partial charge >= 0.3 is 0 Å². The Balaban J connectivity index is 1.78. The third kappa shape index (κ3) is 2.57. The molecular weight excluding hydrogens is 390 g/mol. The molecule has 3 atom stereocenters. The van der Waals surface area contributed by atoms with Crippen molar-refractivity contribution < 1.29 is 9.53 Å². The molecule has 0 saturated carbocycles. The number of primary amides is 1. The van der Waals surface area contributed by atoms with Crippen LogP contribution in [0.3, 0.4) is 0 Å². The van der Waals surface area contributed by atoms with Gasteiger partial charge in [-0.05, 0) is 26.0 Å². The van der Waals surface area contributed by atoms with Crippen molar-refractivity contribution in [2.45, 2.75) is 32.2 Å². The number of thiazole rings is 1. The highest BCUT2D eigenvalue weighted by Gasteiger charge is 2.54. The molecule has 0 fully saturated rings. The summed E-state index contributed by atoms with van der Waals surface area (Å²) in [4.78, 5) is 30.9. The van der Waals surface area contributed by atoms with Gasteiger partial charge < -0.3 is 10.5 Å². The lowest BCUT2D eigenvalue weighted by molar-refractivity contribution is -0.133. The first-order valence-electron chi connectivity index (χ1n) is 9.34. The normalized spacial score (nSPS) is 25.0. The quantitative estimate of drug-likeness (QED) is 0.676. The lowest BCUT2D eigenvalue weighted by Gasteiger charge is -2.44. The Morgan fingerprint density at radius 3 is 2.93 bits per heavy atom. The number of amides is 1. The summed E-state index contributed by atoms with van der Waals surface area (Å²) in [5.41, 5.74) is 5.98. The van der Waals surface area contributed by atoms with Gasteiger partial charge in [0.05, 0.1) is 16.8 Å². The molecule has 4 heterocycles. The van der Waals surface area contributed by atoms with E-state index in [9.17, 15) is 9.59 Å². The number of carbonyl (C=O) groups excluding carboxylic acids is 1. The molecule has 2 aromatic heterocycles. The molecule has 3 aromatic rings. The van der Waals surface area contributed by atoms with Crippen LogP contribution in [-0.4, -0.2) is 26.0 Å². The summed E-state index contributed by atoms with van der Waals surface area (Å²) < 4.78 is 10.0. The number of fused-ring (bicyclic) bond motifs is 6. The molecule has 8 nitrogen and oxygen atoms in total. The van der Waals surface area contributed by atoms with E-state index in [1.165, 1.54) is 11.3 Å². The Morgan fingerprint density at radius 1 is 1.41 bits per heavy atom. The molecule has 2 aliphatic rings. The van der Waals surface area contributed by atoms with Gasteiger partial charge in [0.25, 0.3) is 5.56 Å². The lowest BCUT2D eigenvalue weighted by atomic mass is 9.81. The molecule has 1 amide bonds. The number of benzene rings is 1. The van der Waals surface area contributed by atoms with E-state index in [-0.39, 0.29) is 5.56 Å². The topological polar surface area (TPSA) is 104 Å². The number of aryl methyl sites for hydroxylation is 1. The maximum absolute atomic E-state index is 13.3. The number of ether oxygens (including phenoxy) is 1. The zero-order chi connectivity index (χ0) is 20.3. The monoisotopic (exact) mass is 409 g/mol. The number of rotatable bonds is 3. The van der Waals surface area contributed by atoms with Crippen molar-refractivity contribution in [2.75, 3.05) is 0 Å². The summed E-state index contributed by atoms with van der Waals surface area (Å²) >= 11 is 1.28. The first-order chi connectivity index (χ1) is 13.9. The molecule has 9 heteroatoms. The van der Waals surface area contributed by atoms with Crippen molar-refractivity contribution in [3.05, 3.63) is 67.5 Å². The van der Waals surface area contributed by atoms with Crippen LogP contribution in [0.15, 0.2) is 46.4 Å². The number of aromatic nitrogens is 3. The molecule has 5 rings (SSSR count). The minimum atomic E-state index is -1.16. The second kappa shape index (κ2) is 6.15. The molecule has 148 valence electrons. The van der Waals surface area contributed by atoms with Crippen LogP contribution in [-0.2, 0) is 11.3 Å². The number of nitrogens with zero attached hydrogens (tertiary/aromatic N) is 4. The predicted molar refractivity (Wildman–Crippen MR) is 107 cm³/mol. The fourth-order valence-corrected chi connectivity index (χ4v) is 5.25. The van der Waals surface area contributed by atoms with E-state index in [1.54, 1.807) is 28.4 Å². The number of nitrogens with two attached hydrogens (primary N) is 1. The molecule has 2 bridgehead atoms. The fourth-order valence-electron chi connectivity index (χ4n) is 4.15. The number of para-hydroxylation sites is 1. The van der Waals surface area contributed by atoms with Crippen molar-refractivity contribution in [1.82, 2.24) is 14.3 Å². The minimum Gasteiger partial charge on any atom is -0.465 e. The molecule has 0 radical (unpaired) electrons. The second-order valence-corrected chi connectivity index (χ2v) is 8.34. The SMILES string of the molecule is CCn1cc(/C=c2\sc3n(c2=O)C2c4ccccc4OC(C)(N=3)C2C(N)=O)cn1. The van der Waals surface area contributed by atoms with E-state index in [2.05, 4.69) is 10.1 Å². The summed E-state index contributed by atoms with van der Waals surface area (Å²) in [5.74, 6) is -0.720. The minimum absolute atomic E-state index is 0.201. The maximum atomic E-state index is 13.3. The van der Waals surface area contributed by atoms with Crippen LogP contribution in [0, 0.1) is 5.92 Å². The standard InChI is InChI=1S/C20H19N5O3S/c1-3-24-10-11(9-22-24)8-14-18(27)25-16-12-6-4-5-7-13(12)28-20(2,15(16)17(21)26)23-19(25)29-14/h4-10,15-16H,3H2,1-2H3,(H2,21,26)/b14-8-. The van der Waals surface area contributed by atoms with Gasteiger partial charge in [-0.25, -0.2) is 4.99 Å². The van der Waals surface area contributed by atoms with Gasteiger partial charge in [0.15, 0.2) is 4.80 Å². The highest BCUT2D eigenvalue weighted by molar-refractivity contribution is 7.07. The van der Waals surface area contributed by atoms with Crippen molar-refractivity contribution in [3.8, 4) is 5.75 Å². The van der Waals surface area contributed by atoms with E-state index in [0.717, 1.165) is 17.7 Å². The molecule has 29 heavy (non-hydrogen) atoms.